The monoisotopic (exact) mass is 240 g/mol. The Balaban J connectivity index is 2.07. The van der Waals surface area contributed by atoms with Crippen LogP contribution in [0.2, 0.25) is 0 Å². The predicted octanol–water partition coefficient (Wildman–Crippen LogP) is 1.33. The first kappa shape index (κ1) is 14.1. The lowest BCUT2D eigenvalue weighted by Crippen LogP contribution is -2.18. The molecule has 1 aromatic heterocycles. The van der Waals surface area contributed by atoms with Gasteiger partial charge in [0.2, 0.25) is 0 Å². The molecule has 0 aromatic carbocycles. The molecule has 0 saturated heterocycles. The molecule has 1 aromatic rings. The second kappa shape index (κ2) is 9.13. The molecule has 5 nitrogen and oxygen atoms in total. The lowest BCUT2D eigenvalue weighted by Gasteiger charge is -2.06. The third kappa shape index (κ3) is 5.79. The van der Waals surface area contributed by atoms with Crippen molar-refractivity contribution in [2.75, 3.05) is 13.2 Å². The number of hydrogen-bond donors (Lipinski definition) is 2. The van der Waals surface area contributed by atoms with Gasteiger partial charge in [-0.25, -0.2) is 9.67 Å². The van der Waals surface area contributed by atoms with Crippen molar-refractivity contribution in [3.63, 3.8) is 0 Å². The topological polar surface area (TPSA) is 63.0 Å². The van der Waals surface area contributed by atoms with E-state index in [1.54, 1.807) is 6.33 Å². The summed E-state index contributed by atoms with van der Waals surface area (Å²) < 4.78 is 1.96. The Morgan fingerprint density at radius 1 is 1.29 bits per heavy atom. The second-order valence-corrected chi connectivity index (χ2v) is 4.21. The van der Waals surface area contributed by atoms with Crippen LogP contribution in [0.5, 0.6) is 0 Å². The minimum Gasteiger partial charge on any atom is -0.396 e. The molecule has 1 rings (SSSR count). The molecule has 0 atom stereocenters. The molecular weight excluding hydrogens is 216 g/mol. The predicted molar refractivity (Wildman–Crippen MR) is 67.6 cm³/mol. The Labute approximate surface area is 103 Å². The summed E-state index contributed by atoms with van der Waals surface area (Å²) in [5.74, 6) is 1.02. The maximum absolute atomic E-state index is 8.64. The standard InChI is InChI=1S/C12H24N4O/c1-2-8-16-12(14-11-15-16)10-13-7-5-3-4-6-9-17/h11,13,17H,2-10H2,1H3. The van der Waals surface area contributed by atoms with Crippen molar-refractivity contribution in [2.24, 2.45) is 0 Å². The van der Waals surface area contributed by atoms with E-state index in [0.29, 0.717) is 6.61 Å². The molecule has 0 aliphatic rings. The molecule has 0 aliphatic carbocycles. The van der Waals surface area contributed by atoms with Crippen molar-refractivity contribution < 1.29 is 5.11 Å². The molecule has 17 heavy (non-hydrogen) atoms. The number of rotatable bonds is 10. The van der Waals surface area contributed by atoms with Gasteiger partial charge in [0.1, 0.15) is 12.2 Å². The number of aliphatic hydroxyl groups is 1. The van der Waals surface area contributed by atoms with Crippen molar-refractivity contribution in [1.82, 2.24) is 20.1 Å². The van der Waals surface area contributed by atoms with E-state index in [1.165, 1.54) is 6.42 Å². The zero-order valence-corrected chi connectivity index (χ0v) is 10.7. The fourth-order valence-corrected chi connectivity index (χ4v) is 1.74. The third-order valence-electron chi connectivity index (χ3n) is 2.68. The fourth-order valence-electron chi connectivity index (χ4n) is 1.74. The Hall–Kier alpha value is -0.940. The highest BCUT2D eigenvalue weighted by Crippen LogP contribution is 1.99. The van der Waals surface area contributed by atoms with E-state index < -0.39 is 0 Å². The number of aromatic nitrogens is 3. The maximum atomic E-state index is 8.64. The molecule has 98 valence electrons. The van der Waals surface area contributed by atoms with Gasteiger partial charge in [-0.1, -0.05) is 19.8 Å². The first-order chi connectivity index (χ1) is 8.38. The smallest absolute Gasteiger partial charge is 0.140 e. The maximum Gasteiger partial charge on any atom is 0.140 e. The summed E-state index contributed by atoms with van der Waals surface area (Å²) in [6.45, 7) is 5.19. The zero-order valence-electron chi connectivity index (χ0n) is 10.7. The summed E-state index contributed by atoms with van der Waals surface area (Å²) >= 11 is 0. The van der Waals surface area contributed by atoms with Crippen LogP contribution < -0.4 is 5.32 Å². The van der Waals surface area contributed by atoms with Crippen molar-refractivity contribution in [2.45, 2.75) is 52.1 Å². The van der Waals surface area contributed by atoms with Crippen molar-refractivity contribution in [3.8, 4) is 0 Å². The summed E-state index contributed by atoms with van der Waals surface area (Å²) in [4.78, 5) is 4.24. The molecule has 0 aliphatic heterocycles. The molecule has 0 bridgehead atoms. The largest absolute Gasteiger partial charge is 0.396 e. The fraction of sp³-hybridized carbons (Fsp3) is 0.833. The first-order valence-corrected chi connectivity index (χ1v) is 6.56. The molecule has 0 amide bonds. The van der Waals surface area contributed by atoms with E-state index in [9.17, 15) is 0 Å². The number of nitrogens with one attached hydrogen (secondary N) is 1. The summed E-state index contributed by atoms with van der Waals surface area (Å²) in [6, 6.07) is 0. The van der Waals surface area contributed by atoms with Gasteiger partial charge in [-0.05, 0) is 25.8 Å². The van der Waals surface area contributed by atoms with E-state index in [-0.39, 0.29) is 0 Å². The lowest BCUT2D eigenvalue weighted by molar-refractivity contribution is 0.282. The number of hydrogen-bond acceptors (Lipinski definition) is 4. The van der Waals surface area contributed by atoms with Crippen molar-refractivity contribution >= 4 is 0 Å². The van der Waals surface area contributed by atoms with Crippen LogP contribution in [-0.4, -0.2) is 33.0 Å². The minimum absolute atomic E-state index is 0.313. The van der Waals surface area contributed by atoms with Gasteiger partial charge in [-0.15, -0.1) is 0 Å². The lowest BCUT2D eigenvalue weighted by atomic mass is 10.2. The summed E-state index contributed by atoms with van der Waals surface area (Å²) in [5, 5.41) is 16.2. The van der Waals surface area contributed by atoms with E-state index in [0.717, 1.165) is 51.1 Å². The number of unbranched alkanes of at least 4 members (excludes halogenated alkanes) is 3. The van der Waals surface area contributed by atoms with Gasteiger partial charge in [-0.2, -0.15) is 5.10 Å². The normalized spacial score (nSPS) is 10.9. The third-order valence-corrected chi connectivity index (χ3v) is 2.68. The zero-order chi connectivity index (χ0) is 12.3. The van der Waals surface area contributed by atoms with Gasteiger partial charge in [0.25, 0.3) is 0 Å². The van der Waals surface area contributed by atoms with Crippen LogP contribution in [0.15, 0.2) is 6.33 Å². The first-order valence-electron chi connectivity index (χ1n) is 6.56. The molecule has 0 unspecified atom stereocenters. The molecule has 1 heterocycles. The number of nitrogens with zero attached hydrogens (tertiary/aromatic N) is 3. The van der Waals surface area contributed by atoms with Crippen LogP contribution in [0.4, 0.5) is 0 Å². The molecule has 2 N–H and O–H groups in total. The highest BCUT2D eigenvalue weighted by atomic mass is 16.2. The number of aryl methyl sites for hydroxylation is 1. The summed E-state index contributed by atoms with van der Waals surface area (Å²) in [7, 11) is 0. The number of aliphatic hydroxyl groups excluding tert-OH is 1. The summed E-state index contributed by atoms with van der Waals surface area (Å²) in [6.07, 6.45) is 7.07. The Kier molecular flexibility index (Phi) is 7.58. The van der Waals surface area contributed by atoms with Crippen molar-refractivity contribution in [1.29, 1.82) is 0 Å². The van der Waals surface area contributed by atoms with Crippen LogP contribution in [0.25, 0.3) is 0 Å². The minimum atomic E-state index is 0.313. The Morgan fingerprint density at radius 3 is 2.88 bits per heavy atom. The van der Waals surface area contributed by atoms with Gasteiger partial charge in [0.05, 0.1) is 6.54 Å². The van der Waals surface area contributed by atoms with Crippen LogP contribution in [0.3, 0.4) is 0 Å². The quantitative estimate of drug-likeness (QED) is 0.606. The van der Waals surface area contributed by atoms with Crippen LogP contribution >= 0.6 is 0 Å². The SMILES string of the molecule is CCCn1ncnc1CNCCCCCCO. The van der Waals surface area contributed by atoms with E-state index in [2.05, 4.69) is 22.3 Å². The second-order valence-electron chi connectivity index (χ2n) is 4.21. The van der Waals surface area contributed by atoms with Gasteiger partial charge in [-0.3, -0.25) is 0 Å². The average Bonchev–Trinajstić information content (AvgIpc) is 2.76. The van der Waals surface area contributed by atoms with E-state index in [1.807, 2.05) is 4.68 Å². The Bertz CT molecular complexity index is 288. The molecule has 0 fully saturated rings. The average molecular weight is 240 g/mol. The molecule has 5 heteroatoms. The molecule has 0 radical (unpaired) electrons. The van der Waals surface area contributed by atoms with E-state index >= 15 is 0 Å². The van der Waals surface area contributed by atoms with Crippen LogP contribution in [0.1, 0.15) is 44.9 Å². The molecule has 0 saturated carbocycles. The van der Waals surface area contributed by atoms with Gasteiger partial charge >= 0.3 is 0 Å². The highest BCUT2D eigenvalue weighted by Gasteiger charge is 2.01. The van der Waals surface area contributed by atoms with Crippen molar-refractivity contribution in [3.05, 3.63) is 12.2 Å². The molecule has 0 spiro atoms. The van der Waals surface area contributed by atoms with Crippen LogP contribution in [0, 0.1) is 0 Å². The van der Waals surface area contributed by atoms with Crippen LogP contribution in [-0.2, 0) is 13.1 Å². The van der Waals surface area contributed by atoms with E-state index in [4.69, 9.17) is 5.11 Å². The van der Waals surface area contributed by atoms with Gasteiger partial charge in [0.15, 0.2) is 0 Å². The summed E-state index contributed by atoms with van der Waals surface area (Å²) in [5.41, 5.74) is 0. The highest BCUT2D eigenvalue weighted by molar-refractivity contribution is 4.83. The molecular formula is C12H24N4O. The van der Waals surface area contributed by atoms with Gasteiger partial charge < -0.3 is 10.4 Å². The Morgan fingerprint density at radius 2 is 2.12 bits per heavy atom. The van der Waals surface area contributed by atoms with Gasteiger partial charge in [0, 0.05) is 13.2 Å².